The Morgan fingerprint density at radius 2 is 1.53 bits per heavy atom. The second kappa shape index (κ2) is 9.96. The molecule has 0 aromatic heterocycles. The molecule has 0 N–H and O–H groups in total. The van der Waals surface area contributed by atoms with Crippen molar-refractivity contribution in [2.75, 3.05) is 26.2 Å². The van der Waals surface area contributed by atoms with Crippen LogP contribution in [-0.2, 0) is 10.0 Å². The molecule has 0 saturated carbocycles. The fraction of sp³-hybridized carbons (Fsp3) is 0.240. The number of piperazine rings is 1. The number of sulfonamides is 1. The first-order valence-electron chi connectivity index (χ1n) is 10.7. The minimum Gasteiger partial charge on any atom is -0.456 e. The minimum atomic E-state index is -3.87. The molecule has 1 aliphatic heterocycles. The van der Waals surface area contributed by atoms with E-state index in [9.17, 15) is 13.2 Å². The fourth-order valence-electron chi connectivity index (χ4n) is 3.87. The molecular formula is C25H24Cl2N2O4S. The van der Waals surface area contributed by atoms with Gasteiger partial charge < -0.3 is 9.64 Å². The van der Waals surface area contributed by atoms with Crippen LogP contribution < -0.4 is 4.74 Å². The van der Waals surface area contributed by atoms with E-state index in [0.717, 1.165) is 11.1 Å². The maximum absolute atomic E-state index is 13.6. The standard InChI is InChI=1S/C25H24Cl2N2O4S/c1-17-7-8-23(33-21-15-19(26)14-20(27)16-21)24(13-17)34(31,32)29-11-9-28(10-12-29)25(30)22-6-4-3-5-18(22)2/h3-8,13-16H,9-12H2,1-2H3. The van der Waals surface area contributed by atoms with Crippen LogP contribution in [0.4, 0.5) is 0 Å². The Bertz CT molecular complexity index is 1320. The van der Waals surface area contributed by atoms with Crippen molar-refractivity contribution in [1.82, 2.24) is 9.21 Å². The van der Waals surface area contributed by atoms with Crippen molar-refractivity contribution in [2.45, 2.75) is 18.7 Å². The lowest BCUT2D eigenvalue weighted by atomic mass is 10.1. The number of halogens is 2. The summed E-state index contributed by atoms with van der Waals surface area (Å²) in [5, 5.41) is 0.766. The molecule has 1 fully saturated rings. The van der Waals surface area contributed by atoms with E-state index < -0.39 is 10.0 Å². The SMILES string of the molecule is Cc1ccc(Oc2cc(Cl)cc(Cl)c2)c(S(=O)(=O)N2CCN(C(=O)c3ccccc3C)CC2)c1. The van der Waals surface area contributed by atoms with Gasteiger partial charge in [-0.2, -0.15) is 4.31 Å². The second-order valence-corrected chi connectivity index (χ2v) is 10.9. The zero-order valence-electron chi connectivity index (χ0n) is 18.8. The zero-order chi connectivity index (χ0) is 24.5. The molecule has 0 spiro atoms. The normalized spacial score (nSPS) is 14.8. The maximum atomic E-state index is 13.6. The van der Waals surface area contributed by atoms with Crippen molar-refractivity contribution in [3.05, 3.63) is 87.4 Å². The molecule has 0 bridgehead atoms. The van der Waals surface area contributed by atoms with Gasteiger partial charge in [0, 0.05) is 41.8 Å². The predicted molar refractivity (Wildman–Crippen MR) is 134 cm³/mol. The Balaban J connectivity index is 1.55. The van der Waals surface area contributed by atoms with E-state index in [4.69, 9.17) is 27.9 Å². The van der Waals surface area contributed by atoms with Gasteiger partial charge in [-0.1, -0.05) is 47.5 Å². The van der Waals surface area contributed by atoms with Crippen LogP contribution in [0.5, 0.6) is 11.5 Å². The van der Waals surface area contributed by atoms with Crippen LogP contribution in [0.1, 0.15) is 21.5 Å². The van der Waals surface area contributed by atoms with Gasteiger partial charge in [-0.15, -0.1) is 0 Å². The molecule has 0 aliphatic carbocycles. The van der Waals surface area contributed by atoms with Gasteiger partial charge in [0.2, 0.25) is 10.0 Å². The third-order valence-electron chi connectivity index (χ3n) is 5.68. The Morgan fingerprint density at radius 3 is 2.18 bits per heavy atom. The molecular weight excluding hydrogens is 495 g/mol. The van der Waals surface area contributed by atoms with E-state index in [1.54, 1.807) is 47.4 Å². The smallest absolute Gasteiger partial charge is 0.254 e. The van der Waals surface area contributed by atoms with Gasteiger partial charge in [0.05, 0.1) is 0 Å². The molecule has 4 rings (SSSR count). The third kappa shape index (κ3) is 5.23. The maximum Gasteiger partial charge on any atom is 0.254 e. The molecule has 34 heavy (non-hydrogen) atoms. The number of hydrogen-bond donors (Lipinski definition) is 0. The Morgan fingerprint density at radius 1 is 0.882 bits per heavy atom. The molecule has 3 aromatic rings. The molecule has 178 valence electrons. The van der Waals surface area contributed by atoms with E-state index in [2.05, 4.69) is 0 Å². The van der Waals surface area contributed by atoms with Gasteiger partial charge in [0.1, 0.15) is 16.4 Å². The second-order valence-electron chi connectivity index (χ2n) is 8.17. The number of rotatable bonds is 5. The highest BCUT2D eigenvalue weighted by molar-refractivity contribution is 7.89. The first-order chi connectivity index (χ1) is 16.1. The van der Waals surface area contributed by atoms with E-state index >= 15 is 0 Å². The summed E-state index contributed by atoms with van der Waals surface area (Å²) in [5.41, 5.74) is 2.31. The summed E-state index contributed by atoms with van der Waals surface area (Å²) in [6.07, 6.45) is 0. The number of ether oxygens (including phenoxy) is 1. The fourth-order valence-corrected chi connectivity index (χ4v) is 6.00. The first-order valence-corrected chi connectivity index (χ1v) is 12.9. The average Bonchev–Trinajstić information content (AvgIpc) is 2.79. The number of nitrogens with zero attached hydrogens (tertiary/aromatic N) is 2. The summed E-state index contributed by atoms with van der Waals surface area (Å²) in [4.78, 5) is 14.7. The van der Waals surface area contributed by atoms with E-state index in [1.165, 1.54) is 4.31 Å². The third-order valence-corrected chi connectivity index (χ3v) is 8.04. The minimum absolute atomic E-state index is 0.0577. The number of amides is 1. The average molecular weight is 519 g/mol. The van der Waals surface area contributed by atoms with Crippen LogP contribution in [0.15, 0.2) is 65.6 Å². The van der Waals surface area contributed by atoms with Crippen LogP contribution in [0.3, 0.4) is 0 Å². The Labute approximate surface area is 209 Å². The van der Waals surface area contributed by atoms with Crippen LogP contribution in [0, 0.1) is 13.8 Å². The summed E-state index contributed by atoms with van der Waals surface area (Å²) in [7, 11) is -3.87. The topological polar surface area (TPSA) is 66.9 Å². The van der Waals surface area contributed by atoms with E-state index in [1.807, 2.05) is 32.0 Å². The summed E-state index contributed by atoms with van der Waals surface area (Å²) in [6, 6.07) is 17.1. The molecule has 1 heterocycles. The van der Waals surface area contributed by atoms with E-state index in [-0.39, 0.29) is 29.6 Å². The van der Waals surface area contributed by atoms with Crippen molar-refractivity contribution in [3.63, 3.8) is 0 Å². The molecule has 9 heteroatoms. The zero-order valence-corrected chi connectivity index (χ0v) is 21.1. The van der Waals surface area contributed by atoms with Crippen molar-refractivity contribution >= 4 is 39.1 Å². The van der Waals surface area contributed by atoms with Crippen LogP contribution >= 0.6 is 23.2 Å². The highest BCUT2D eigenvalue weighted by atomic mass is 35.5. The Kier molecular flexibility index (Phi) is 7.19. The molecule has 1 amide bonds. The molecule has 3 aromatic carbocycles. The molecule has 0 unspecified atom stereocenters. The highest BCUT2D eigenvalue weighted by Gasteiger charge is 2.33. The lowest BCUT2D eigenvalue weighted by Crippen LogP contribution is -2.50. The summed E-state index contributed by atoms with van der Waals surface area (Å²) in [6.45, 7) is 4.70. The Hall–Kier alpha value is -2.58. The highest BCUT2D eigenvalue weighted by Crippen LogP contribution is 2.34. The van der Waals surface area contributed by atoms with Crippen molar-refractivity contribution < 1.29 is 17.9 Å². The molecule has 6 nitrogen and oxygen atoms in total. The van der Waals surface area contributed by atoms with Crippen molar-refractivity contribution in [1.29, 1.82) is 0 Å². The number of benzene rings is 3. The molecule has 0 atom stereocenters. The van der Waals surface area contributed by atoms with Gasteiger partial charge in [-0.3, -0.25) is 4.79 Å². The predicted octanol–water partition coefficient (Wildman–Crippen LogP) is 5.55. The van der Waals surface area contributed by atoms with Gasteiger partial charge in [-0.25, -0.2) is 8.42 Å². The number of aryl methyl sites for hydroxylation is 2. The molecule has 1 aliphatic rings. The van der Waals surface area contributed by atoms with Crippen molar-refractivity contribution in [3.8, 4) is 11.5 Å². The number of carbonyl (C=O) groups excluding carboxylic acids is 1. The van der Waals surface area contributed by atoms with Gasteiger partial charge in [-0.05, 0) is 61.4 Å². The number of hydrogen-bond acceptors (Lipinski definition) is 4. The lowest BCUT2D eigenvalue weighted by Gasteiger charge is -2.34. The molecule has 1 saturated heterocycles. The van der Waals surface area contributed by atoms with E-state index in [0.29, 0.717) is 34.4 Å². The van der Waals surface area contributed by atoms with Crippen LogP contribution in [-0.4, -0.2) is 49.7 Å². The van der Waals surface area contributed by atoms with Gasteiger partial charge >= 0.3 is 0 Å². The quantitative estimate of drug-likeness (QED) is 0.444. The van der Waals surface area contributed by atoms with Crippen LogP contribution in [0.25, 0.3) is 0 Å². The first kappa shape index (κ1) is 24.5. The summed E-state index contributed by atoms with van der Waals surface area (Å²) in [5.74, 6) is 0.432. The van der Waals surface area contributed by atoms with Crippen LogP contribution in [0.2, 0.25) is 10.0 Å². The van der Waals surface area contributed by atoms with Gasteiger partial charge in [0.15, 0.2) is 0 Å². The summed E-state index contributed by atoms with van der Waals surface area (Å²) >= 11 is 12.1. The summed E-state index contributed by atoms with van der Waals surface area (Å²) < 4.78 is 34.4. The largest absolute Gasteiger partial charge is 0.456 e. The number of carbonyl (C=O) groups is 1. The monoisotopic (exact) mass is 518 g/mol. The lowest BCUT2D eigenvalue weighted by molar-refractivity contribution is 0.0697. The van der Waals surface area contributed by atoms with Gasteiger partial charge in [0.25, 0.3) is 5.91 Å². The van der Waals surface area contributed by atoms with Crippen molar-refractivity contribution in [2.24, 2.45) is 0 Å². The molecule has 0 radical (unpaired) electrons.